The molecular formula is C21H30N3O4+. The molecule has 3 heterocycles. The highest BCUT2D eigenvalue weighted by Crippen LogP contribution is 2.32. The maximum atomic E-state index is 12.9. The van der Waals surface area contributed by atoms with E-state index in [0.717, 1.165) is 63.6 Å². The van der Waals surface area contributed by atoms with Gasteiger partial charge in [-0.05, 0) is 24.6 Å². The smallest absolute Gasteiger partial charge is 0.231 e. The Balaban J connectivity index is 1.26. The molecule has 1 aromatic carbocycles. The second kappa shape index (κ2) is 8.39. The molecule has 0 unspecified atom stereocenters. The van der Waals surface area contributed by atoms with Gasteiger partial charge in [0.25, 0.3) is 0 Å². The molecule has 7 nitrogen and oxygen atoms in total. The zero-order valence-corrected chi connectivity index (χ0v) is 16.6. The number of quaternary nitrogens is 1. The summed E-state index contributed by atoms with van der Waals surface area (Å²) < 4.78 is 10.8. The number of carbonyl (C=O) groups is 2. The Morgan fingerprint density at radius 2 is 2.00 bits per heavy atom. The Hall–Kier alpha value is -2.28. The number of piperazine rings is 1. The first-order chi connectivity index (χ1) is 13.6. The lowest BCUT2D eigenvalue weighted by atomic mass is 10.1. The minimum Gasteiger partial charge on any atom is -0.454 e. The number of benzene rings is 1. The van der Waals surface area contributed by atoms with Gasteiger partial charge in [0, 0.05) is 25.1 Å². The van der Waals surface area contributed by atoms with Gasteiger partial charge in [0.05, 0.1) is 32.1 Å². The van der Waals surface area contributed by atoms with Crippen LogP contribution in [-0.4, -0.2) is 67.7 Å². The second-order valence-electron chi connectivity index (χ2n) is 8.03. The SMILES string of the molecule is CCCCN1C[C@@H](C(=O)N2CC[NH+](Cc3ccc4c(c3)OCO4)CC2)CC1=O. The van der Waals surface area contributed by atoms with Crippen LogP contribution in [0.5, 0.6) is 11.5 Å². The van der Waals surface area contributed by atoms with Crippen LogP contribution in [0.2, 0.25) is 0 Å². The molecule has 0 spiro atoms. The summed E-state index contributed by atoms with van der Waals surface area (Å²) in [4.78, 5) is 30.3. The molecule has 3 aliphatic rings. The predicted octanol–water partition coefficient (Wildman–Crippen LogP) is 0.291. The van der Waals surface area contributed by atoms with Crippen LogP contribution in [0.1, 0.15) is 31.7 Å². The zero-order valence-electron chi connectivity index (χ0n) is 16.6. The summed E-state index contributed by atoms with van der Waals surface area (Å²) in [5, 5.41) is 0. The van der Waals surface area contributed by atoms with Crippen molar-refractivity contribution in [3.63, 3.8) is 0 Å². The maximum absolute atomic E-state index is 12.9. The van der Waals surface area contributed by atoms with E-state index < -0.39 is 0 Å². The van der Waals surface area contributed by atoms with E-state index in [0.29, 0.717) is 19.8 Å². The molecule has 7 heteroatoms. The first-order valence-corrected chi connectivity index (χ1v) is 10.4. The number of ether oxygens (including phenoxy) is 2. The van der Waals surface area contributed by atoms with E-state index in [4.69, 9.17) is 9.47 Å². The van der Waals surface area contributed by atoms with E-state index in [1.807, 2.05) is 15.9 Å². The Bertz CT molecular complexity index is 730. The average molecular weight is 388 g/mol. The standard InChI is InChI=1S/C21H29N3O4/c1-2-3-6-24-14-17(12-20(24)25)21(26)23-9-7-22(8-10-23)13-16-4-5-18-19(11-16)28-15-27-18/h4-5,11,17H,2-3,6-10,12-15H2,1H3/p+1/t17-/m0/s1. The van der Waals surface area contributed by atoms with Crippen molar-refractivity contribution in [2.75, 3.05) is 46.1 Å². The number of hydrogen-bond acceptors (Lipinski definition) is 4. The minimum absolute atomic E-state index is 0.138. The third-order valence-electron chi connectivity index (χ3n) is 6.02. The lowest BCUT2D eigenvalue weighted by Gasteiger charge is -2.33. The summed E-state index contributed by atoms with van der Waals surface area (Å²) in [6.07, 6.45) is 2.46. The van der Waals surface area contributed by atoms with E-state index in [9.17, 15) is 9.59 Å². The first kappa shape index (κ1) is 19.1. The Kier molecular flexibility index (Phi) is 5.71. The number of nitrogens with one attached hydrogen (secondary N) is 1. The number of unbranched alkanes of at least 4 members (excludes halogenated alkanes) is 1. The van der Waals surface area contributed by atoms with Crippen LogP contribution in [-0.2, 0) is 16.1 Å². The van der Waals surface area contributed by atoms with Crippen molar-refractivity contribution >= 4 is 11.8 Å². The Morgan fingerprint density at radius 3 is 2.79 bits per heavy atom. The van der Waals surface area contributed by atoms with Crippen molar-refractivity contribution in [3.05, 3.63) is 23.8 Å². The molecular weight excluding hydrogens is 358 g/mol. The third kappa shape index (κ3) is 4.09. The largest absolute Gasteiger partial charge is 0.454 e. The summed E-state index contributed by atoms with van der Waals surface area (Å²) in [5.41, 5.74) is 1.23. The van der Waals surface area contributed by atoms with Gasteiger partial charge < -0.3 is 24.2 Å². The molecule has 1 aromatic rings. The summed E-state index contributed by atoms with van der Waals surface area (Å²) in [6, 6.07) is 6.12. The summed E-state index contributed by atoms with van der Waals surface area (Å²) >= 11 is 0. The van der Waals surface area contributed by atoms with E-state index >= 15 is 0 Å². The fourth-order valence-electron chi connectivity index (χ4n) is 4.32. The van der Waals surface area contributed by atoms with E-state index in [2.05, 4.69) is 19.1 Å². The van der Waals surface area contributed by atoms with Gasteiger partial charge in [0.2, 0.25) is 18.6 Å². The molecule has 0 aliphatic carbocycles. The van der Waals surface area contributed by atoms with Crippen LogP contribution in [0, 0.1) is 5.92 Å². The topological polar surface area (TPSA) is 63.5 Å². The predicted molar refractivity (Wildman–Crippen MR) is 103 cm³/mol. The molecule has 2 amide bonds. The van der Waals surface area contributed by atoms with Crippen LogP contribution < -0.4 is 14.4 Å². The van der Waals surface area contributed by atoms with Crippen molar-refractivity contribution < 1.29 is 24.0 Å². The van der Waals surface area contributed by atoms with Gasteiger partial charge in [-0.15, -0.1) is 0 Å². The molecule has 0 aromatic heterocycles. The van der Waals surface area contributed by atoms with Gasteiger partial charge in [0.15, 0.2) is 11.5 Å². The average Bonchev–Trinajstić information content (AvgIpc) is 3.32. The highest BCUT2D eigenvalue weighted by atomic mass is 16.7. The fraction of sp³-hybridized carbons (Fsp3) is 0.619. The summed E-state index contributed by atoms with van der Waals surface area (Å²) in [6.45, 7) is 8.11. The molecule has 2 fully saturated rings. The first-order valence-electron chi connectivity index (χ1n) is 10.4. The van der Waals surface area contributed by atoms with Gasteiger partial charge in [0.1, 0.15) is 6.54 Å². The number of fused-ring (bicyclic) bond motifs is 1. The van der Waals surface area contributed by atoms with Crippen molar-refractivity contribution in [2.24, 2.45) is 5.92 Å². The van der Waals surface area contributed by atoms with Gasteiger partial charge >= 0.3 is 0 Å². The normalized spacial score (nSPS) is 22.2. The molecule has 1 atom stereocenters. The molecule has 0 bridgehead atoms. The molecule has 3 aliphatic heterocycles. The van der Waals surface area contributed by atoms with Crippen molar-refractivity contribution in [2.45, 2.75) is 32.7 Å². The Labute approximate surface area is 166 Å². The number of amides is 2. The molecule has 28 heavy (non-hydrogen) atoms. The van der Waals surface area contributed by atoms with Gasteiger partial charge in [-0.3, -0.25) is 9.59 Å². The van der Waals surface area contributed by atoms with Crippen molar-refractivity contribution in [3.8, 4) is 11.5 Å². The number of carbonyl (C=O) groups excluding carboxylic acids is 2. The molecule has 0 radical (unpaired) electrons. The molecule has 1 N–H and O–H groups in total. The lowest BCUT2D eigenvalue weighted by molar-refractivity contribution is -0.917. The van der Waals surface area contributed by atoms with Gasteiger partial charge in [-0.1, -0.05) is 13.3 Å². The van der Waals surface area contributed by atoms with Crippen molar-refractivity contribution in [1.82, 2.24) is 9.80 Å². The summed E-state index contributed by atoms with van der Waals surface area (Å²) in [5.74, 6) is 1.78. The van der Waals surface area contributed by atoms with Crippen LogP contribution in [0.25, 0.3) is 0 Å². The molecule has 152 valence electrons. The Morgan fingerprint density at radius 1 is 1.21 bits per heavy atom. The maximum Gasteiger partial charge on any atom is 0.231 e. The van der Waals surface area contributed by atoms with Crippen LogP contribution in [0.4, 0.5) is 0 Å². The zero-order chi connectivity index (χ0) is 19.5. The van der Waals surface area contributed by atoms with Gasteiger partial charge in [-0.25, -0.2) is 0 Å². The third-order valence-corrected chi connectivity index (χ3v) is 6.02. The monoisotopic (exact) mass is 388 g/mol. The minimum atomic E-state index is -0.153. The van der Waals surface area contributed by atoms with E-state index in [-0.39, 0.29) is 17.7 Å². The van der Waals surface area contributed by atoms with E-state index in [1.165, 1.54) is 10.5 Å². The number of hydrogen-bond donors (Lipinski definition) is 1. The second-order valence-corrected chi connectivity index (χ2v) is 8.03. The van der Waals surface area contributed by atoms with Crippen LogP contribution >= 0.6 is 0 Å². The number of likely N-dealkylation sites (tertiary alicyclic amines) is 1. The van der Waals surface area contributed by atoms with Crippen LogP contribution in [0.15, 0.2) is 18.2 Å². The summed E-state index contributed by atoms with van der Waals surface area (Å²) in [7, 11) is 0. The van der Waals surface area contributed by atoms with Crippen LogP contribution in [0.3, 0.4) is 0 Å². The highest BCUT2D eigenvalue weighted by Gasteiger charge is 2.37. The van der Waals surface area contributed by atoms with Gasteiger partial charge in [-0.2, -0.15) is 0 Å². The lowest BCUT2D eigenvalue weighted by Crippen LogP contribution is -3.13. The number of nitrogens with zero attached hydrogens (tertiary/aromatic N) is 2. The molecule has 2 saturated heterocycles. The quantitative estimate of drug-likeness (QED) is 0.761. The van der Waals surface area contributed by atoms with Crippen molar-refractivity contribution in [1.29, 1.82) is 0 Å². The number of rotatable bonds is 6. The fourth-order valence-corrected chi connectivity index (χ4v) is 4.32. The highest BCUT2D eigenvalue weighted by molar-refractivity contribution is 5.89. The molecule has 0 saturated carbocycles. The molecule has 4 rings (SSSR count). The van der Waals surface area contributed by atoms with E-state index in [1.54, 1.807) is 0 Å².